The predicted octanol–water partition coefficient (Wildman–Crippen LogP) is 1.75. The lowest BCUT2D eigenvalue weighted by Gasteiger charge is -2.06. The molecule has 1 aromatic rings. The van der Waals surface area contributed by atoms with E-state index < -0.39 is 0 Å². The highest BCUT2D eigenvalue weighted by Gasteiger charge is 1.93. The number of benzene rings is 1. The monoisotopic (exact) mass is 247 g/mol. The maximum Gasteiger partial charge on any atom is 0.0205 e. The Labute approximate surface area is 110 Å². The Hall–Kier alpha value is -1.16. The van der Waals surface area contributed by atoms with Gasteiger partial charge in [-0.2, -0.15) is 0 Å². The average Bonchev–Trinajstić information content (AvgIpc) is 2.42. The van der Waals surface area contributed by atoms with Crippen LogP contribution in [0.15, 0.2) is 30.8 Å². The van der Waals surface area contributed by atoms with E-state index in [0.29, 0.717) is 0 Å². The molecule has 0 saturated heterocycles. The smallest absolute Gasteiger partial charge is 0.0205 e. The van der Waals surface area contributed by atoms with Crippen LogP contribution in [0.2, 0.25) is 0 Å². The van der Waals surface area contributed by atoms with Crippen molar-refractivity contribution in [2.24, 2.45) is 5.73 Å². The third-order valence-corrected chi connectivity index (χ3v) is 2.81. The van der Waals surface area contributed by atoms with Crippen LogP contribution in [-0.4, -0.2) is 26.2 Å². The third kappa shape index (κ3) is 6.55. The number of rotatable bonds is 10. The highest BCUT2D eigenvalue weighted by atomic mass is 14.9. The molecule has 0 aliphatic rings. The number of hydrogen-bond acceptors (Lipinski definition) is 3. The zero-order valence-electron chi connectivity index (χ0n) is 11.1. The highest BCUT2D eigenvalue weighted by Crippen LogP contribution is 2.04. The Bertz CT molecular complexity index is 319. The van der Waals surface area contributed by atoms with E-state index in [1.165, 1.54) is 11.1 Å². The van der Waals surface area contributed by atoms with E-state index in [0.717, 1.165) is 45.6 Å². The SMILES string of the molecule is C=Cc1ccc(CNCCCNCCCN)cc1. The van der Waals surface area contributed by atoms with E-state index in [1.807, 2.05) is 6.08 Å². The molecule has 0 atom stereocenters. The molecule has 0 saturated carbocycles. The third-order valence-electron chi connectivity index (χ3n) is 2.81. The second-order valence-corrected chi connectivity index (χ2v) is 4.37. The van der Waals surface area contributed by atoms with Crippen molar-refractivity contribution in [3.63, 3.8) is 0 Å². The fourth-order valence-electron chi connectivity index (χ4n) is 1.69. The molecule has 0 unspecified atom stereocenters. The largest absolute Gasteiger partial charge is 0.330 e. The number of nitrogens with one attached hydrogen (secondary N) is 2. The topological polar surface area (TPSA) is 50.1 Å². The maximum atomic E-state index is 5.42. The van der Waals surface area contributed by atoms with Gasteiger partial charge in [0, 0.05) is 6.54 Å². The standard InChI is InChI=1S/C15H25N3/c1-2-14-5-7-15(8-6-14)13-18-12-4-11-17-10-3-9-16/h2,5-8,17-18H,1,3-4,9-13,16H2. The Morgan fingerprint density at radius 2 is 1.67 bits per heavy atom. The molecule has 3 nitrogen and oxygen atoms in total. The molecule has 1 aromatic carbocycles. The van der Waals surface area contributed by atoms with Gasteiger partial charge in [-0.1, -0.05) is 36.9 Å². The van der Waals surface area contributed by atoms with E-state index in [2.05, 4.69) is 41.5 Å². The summed E-state index contributed by atoms with van der Waals surface area (Å²) < 4.78 is 0. The second kappa shape index (κ2) is 9.83. The molecule has 0 bridgehead atoms. The van der Waals surface area contributed by atoms with Gasteiger partial charge >= 0.3 is 0 Å². The minimum absolute atomic E-state index is 0.770. The molecule has 18 heavy (non-hydrogen) atoms. The van der Waals surface area contributed by atoms with Crippen LogP contribution in [0, 0.1) is 0 Å². The lowest BCUT2D eigenvalue weighted by atomic mass is 10.1. The summed E-state index contributed by atoms with van der Waals surface area (Å²) in [7, 11) is 0. The first-order valence-electron chi connectivity index (χ1n) is 6.69. The first-order chi connectivity index (χ1) is 8.86. The van der Waals surface area contributed by atoms with E-state index >= 15 is 0 Å². The highest BCUT2D eigenvalue weighted by molar-refractivity contribution is 5.47. The summed E-state index contributed by atoms with van der Waals surface area (Å²) in [5.41, 5.74) is 7.90. The van der Waals surface area contributed by atoms with E-state index in [1.54, 1.807) is 0 Å². The zero-order valence-corrected chi connectivity index (χ0v) is 11.1. The molecule has 0 aliphatic heterocycles. The summed E-state index contributed by atoms with van der Waals surface area (Å²) >= 11 is 0. The van der Waals surface area contributed by atoms with Gasteiger partial charge in [-0.3, -0.25) is 0 Å². The van der Waals surface area contributed by atoms with Gasteiger partial charge in [-0.05, 0) is 50.1 Å². The van der Waals surface area contributed by atoms with Gasteiger partial charge in [0.25, 0.3) is 0 Å². The van der Waals surface area contributed by atoms with Crippen LogP contribution in [-0.2, 0) is 6.54 Å². The molecule has 3 heteroatoms. The van der Waals surface area contributed by atoms with Crippen molar-refractivity contribution < 1.29 is 0 Å². The summed E-state index contributed by atoms with van der Waals surface area (Å²) in [5.74, 6) is 0. The number of nitrogens with two attached hydrogens (primary N) is 1. The fraction of sp³-hybridized carbons (Fsp3) is 0.467. The Kier molecular flexibility index (Phi) is 8.13. The molecule has 0 aromatic heterocycles. The first kappa shape index (κ1) is 14.9. The molecule has 100 valence electrons. The molecule has 0 fully saturated rings. The van der Waals surface area contributed by atoms with Crippen molar-refractivity contribution in [1.29, 1.82) is 0 Å². The fourth-order valence-corrected chi connectivity index (χ4v) is 1.69. The van der Waals surface area contributed by atoms with Crippen LogP contribution in [0.25, 0.3) is 6.08 Å². The van der Waals surface area contributed by atoms with Crippen LogP contribution in [0.4, 0.5) is 0 Å². The lowest BCUT2D eigenvalue weighted by Crippen LogP contribution is -2.23. The summed E-state index contributed by atoms with van der Waals surface area (Å²) in [6.07, 6.45) is 4.07. The molecule has 0 amide bonds. The van der Waals surface area contributed by atoms with Crippen LogP contribution in [0.1, 0.15) is 24.0 Å². The minimum atomic E-state index is 0.770. The lowest BCUT2D eigenvalue weighted by molar-refractivity contribution is 0.586. The normalized spacial score (nSPS) is 10.5. The minimum Gasteiger partial charge on any atom is -0.330 e. The van der Waals surface area contributed by atoms with Crippen molar-refractivity contribution in [2.75, 3.05) is 26.2 Å². The number of hydrogen-bond donors (Lipinski definition) is 3. The van der Waals surface area contributed by atoms with Gasteiger partial charge in [0.2, 0.25) is 0 Å². The quantitative estimate of drug-likeness (QED) is 0.552. The Balaban J connectivity index is 2.01. The molecule has 0 heterocycles. The van der Waals surface area contributed by atoms with Gasteiger partial charge in [0.05, 0.1) is 0 Å². The van der Waals surface area contributed by atoms with Crippen LogP contribution < -0.4 is 16.4 Å². The summed E-state index contributed by atoms with van der Waals surface area (Å²) in [5, 5.41) is 6.81. The van der Waals surface area contributed by atoms with Crippen LogP contribution in [0.5, 0.6) is 0 Å². The van der Waals surface area contributed by atoms with Gasteiger partial charge in [0.1, 0.15) is 0 Å². The molecular formula is C15H25N3. The van der Waals surface area contributed by atoms with E-state index in [4.69, 9.17) is 5.73 Å². The first-order valence-corrected chi connectivity index (χ1v) is 6.69. The maximum absolute atomic E-state index is 5.42. The van der Waals surface area contributed by atoms with Crippen molar-refractivity contribution in [3.05, 3.63) is 42.0 Å². The Morgan fingerprint density at radius 3 is 2.33 bits per heavy atom. The van der Waals surface area contributed by atoms with Crippen molar-refractivity contribution >= 4 is 6.08 Å². The van der Waals surface area contributed by atoms with E-state index in [9.17, 15) is 0 Å². The zero-order chi connectivity index (χ0) is 13.1. The Morgan fingerprint density at radius 1 is 1.00 bits per heavy atom. The van der Waals surface area contributed by atoms with Crippen molar-refractivity contribution in [1.82, 2.24) is 10.6 Å². The molecule has 0 aliphatic carbocycles. The summed E-state index contributed by atoms with van der Waals surface area (Å²) in [6, 6.07) is 8.48. The average molecular weight is 247 g/mol. The van der Waals surface area contributed by atoms with E-state index in [-0.39, 0.29) is 0 Å². The molecule has 0 radical (unpaired) electrons. The van der Waals surface area contributed by atoms with Crippen molar-refractivity contribution in [3.8, 4) is 0 Å². The molecule has 4 N–H and O–H groups in total. The summed E-state index contributed by atoms with van der Waals surface area (Å²) in [6.45, 7) is 8.57. The van der Waals surface area contributed by atoms with Gasteiger partial charge in [-0.15, -0.1) is 0 Å². The van der Waals surface area contributed by atoms with Crippen LogP contribution in [0.3, 0.4) is 0 Å². The molecule has 0 spiro atoms. The molecule has 1 rings (SSSR count). The molecular weight excluding hydrogens is 222 g/mol. The van der Waals surface area contributed by atoms with Gasteiger partial charge < -0.3 is 16.4 Å². The van der Waals surface area contributed by atoms with Crippen molar-refractivity contribution in [2.45, 2.75) is 19.4 Å². The van der Waals surface area contributed by atoms with Crippen LogP contribution >= 0.6 is 0 Å². The second-order valence-electron chi connectivity index (χ2n) is 4.37. The van der Waals surface area contributed by atoms with Gasteiger partial charge in [0.15, 0.2) is 0 Å². The van der Waals surface area contributed by atoms with Gasteiger partial charge in [-0.25, -0.2) is 0 Å². The summed E-state index contributed by atoms with van der Waals surface area (Å²) in [4.78, 5) is 0. The predicted molar refractivity (Wildman–Crippen MR) is 79.4 cm³/mol.